The van der Waals surface area contributed by atoms with Crippen LogP contribution in [-0.4, -0.2) is 61.9 Å². The van der Waals surface area contributed by atoms with E-state index in [1.165, 1.54) is 18.2 Å². The first-order valence-corrected chi connectivity index (χ1v) is 12.0. The normalized spacial score (nSPS) is 15.2. The number of carbonyl (C=O) groups excluding carboxylic acids is 1. The molecular weight excluding hydrogens is 461 g/mol. The molecule has 1 saturated heterocycles. The minimum atomic E-state index is -0.325. The number of carbonyl (C=O) groups is 1. The van der Waals surface area contributed by atoms with Crippen molar-refractivity contribution in [2.24, 2.45) is 0 Å². The SMILES string of the molecule is COc1ccc(C#N)cc1C=CC(=O)N[C@@H](CCN1CC(Oc2ccc(F)cc2)C1)COC(C)(C)C. The van der Waals surface area contributed by atoms with Crippen molar-refractivity contribution in [3.8, 4) is 17.6 Å². The van der Waals surface area contributed by atoms with Crippen LogP contribution in [0, 0.1) is 17.1 Å². The van der Waals surface area contributed by atoms with Crippen molar-refractivity contribution in [2.45, 2.75) is 44.9 Å². The molecule has 3 rings (SSSR count). The van der Waals surface area contributed by atoms with E-state index in [9.17, 15) is 9.18 Å². The summed E-state index contributed by atoms with van der Waals surface area (Å²) in [4.78, 5) is 14.9. The van der Waals surface area contributed by atoms with E-state index in [4.69, 9.17) is 19.5 Å². The lowest BCUT2D eigenvalue weighted by Gasteiger charge is -2.39. The van der Waals surface area contributed by atoms with Crippen molar-refractivity contribution in [1.29, 1.82) is 5.26 Å². The summed E-state index contributed by atoms with van der Waals surface area (Å²) < 4.78 is 30.2. The summed E-state index contributed by atoms with van der Waals surface area (Å²) in [5.41, 5.74) is 0.819. The Bertz CT molecular complexity index is 1080. The molecule has 1 aliphatic rings. The van der Waals surface area contributed by atoms with Gasteiger partial charge in [-0.05, 0) is 75.7 Å². The van der Waals surface area contributed by atoms with Crippen LogP contribution in [0.5, 0.6) is 11.5 Å². The van der Waals surface area contributed by atoms with E-state index >= 15 is 0 Å². The summed E-state index contributed by atoms with van der Waals surface area (Å²) in [5, 5.41) is 12.2. The van der Waals surface area contributed by atoms with Gasteiger partial charge in [-0.2, -0.15) is 5.26 Å². The maximum absolute atomic E-state index is 13.1. The number of halogens is 1. The number of methoxy groups -OCH3 is 1. The van der Waals surface area contributed by atoms with Gasteiger partial charge >= 0.3 is 0 Å². The van der Waals surface area contributed by atoms with Crippen LogP contribution < -0.4 is 14.8 Å². The Hall–Kier alpha value is -3.41. The lowest BCUT2D eigenvalue weighted by molar-refractivity contribution is -0.118. The lowest BCUT2D eigenvalue weighted by Crippen LogP contribution is -2.55. The van der Waals surface area contributed by atoms with Gasteiger partial charge in [0.15, 0.2) is 0 Å². The highest BCUT2D eigenvalue weighted by Gasteiger charge is 2.29. The summed E-state index contributed by atoms with van der Waals surface area (Å²) in [7, 11) is 1.55. The second kappa shape index (κ2) is 12.5. The van der Waals surface area contributed by atoms with Crippen LogP contribution in [0.1, 0.15) is 38.3 Å². The van der Waals surface area contributed by atoms with Gasteiger partial charge in [-0.3, -0.25) is 9.69 Å². The average Bonchev–Trinajstić information content (AvgIpc) is 2.82. The van der Waals surface area contributed by atoms with Gasteiger partial charge in [-0.25, -0.2) is 4.39 Å². The number of nitriles is 1. The zero-order valence-corrected chi connectivity index (χ0v) is 21.3. The Kier molecular flexibility index (Phi) is 9.45. The highest BCUT2D eigenvalue weighted by atomic mass is 19.1. The zero-order chi connectivity index (χ0) is 26.1. The first-order valence-electron chi connectivity index (χ1n) is 12.0. The molecule has 1 aliphatic heterocycles. The predicted octanol–water partition coefficient (Wildman–Crippen LogP) is 4.17. The fraction of sp³-hybridized carbons (Fsp3) is 0.429. The van der Waals surface area contributed by atoms with E-state index in [-0.39, 0.29) is 29.5 Å². The van der Waals surface area contributed by atoms with Crippen molar-refractivity contribution in [3.05, 3.63) is 65.5 Å². The van der Waals surface area contributed by atoms with Gasteiger partial charge in [0.1, 0.15) is 23.4 Å². The Morgan fingerprint density at radius 2 is 1.97 bits per heavy atom. The van der Waals surface area contributed by atoms with E-state index in [2.05, 4.69) is 16.3 Å². The van der Waals surface area contributed by atoms with Crippen molar-refractivity contribution in [1.82, 2.24) is 10.2 Å². The van der Waals surface area contributed by atoms with Crippen molar-refractivity contribution >= 4 is 12.0 Å². The molecule has 0 radical (unpaired) electrons. The molecule has 7 nitrogen and oxygen atoms in total. The van der Waals surface area contributed by atoms with Gasteiger partial charge in [-0.1, -0.05) is 0 Å². The molecule has 0 spiro atoms. The maximum Gasteiger partial charge on any atom is 0.244 e. The Balaban J connectivity index is 1.52. The highest BCUT2D eigenvalue weighted by molar-refractivity contribution is 5.92. The molecule has 0 bridgehead atoms. The Labute approximate surface area is 212 Å². The van der Waals surface area contributed by atoms with E-state index in [0.29, 0.717) is 35.7 Å². The van der Waals surface area contributed by atoms with Crippen molar-refractivity contribution in [3.63, 3.8) is 0 Å². The number of nitrogens with zero attached hydrogens (tertiary/aromatic N) is 2. The predicted molar refractivity (Wildman–Crippen MR) is 136 cm³/mol. The van der Waals surface area contributed by atoms with E-state index in [1.807, 2.05) is 20.8 Å². The van der Waals surface area contributed by atoms with E-state index in [1.54, 1.807) is 43.5 Å². The zero-order valence-electron chi connectivity index (χ0n) is 21.3. The molecule has 2 aromatic carbocycles. The fourth-order valence-corrected chi connectivity index (χ4v) is 3.72. The molecule has 0 saturated carbocycles. The van der Waals surface area contributed by atoms with Crippen LogP contribution in [-0.2, 0) is 9.53 Å². The van der Waals surface area contributed by atoms with Crippen LogP contribution in [0.3, 0.4) is 0 Å². The van der Waals surface area contributed by atoms with Gasteiger partial charge < -0.3 is 19.5 Å². The lowest BCUT2D eigenvalue weighted by atomic mass is 10.1. The third-order valence-corrected chi connectivity index (χ3v) is 5.67. The van der Waals surface area contributed by atoms with E-state index < -0.39 is 0 Å². The highest BCUT2D eigenvalue weighted by Crippen LogP contribution is 2.21. The van der Waals surface area contributed by atoms with Gasteiger partial charge in [-0.15, -0.1) is 0 Å². The third kappa shape index (κ3) is 8.67. The van der Waals surface area contributed by atoms with Crippen LogP contribution in [0.2, 0.25) is 0 Å². The molecule has 1 atom stereocenters. The minimum Gasteiger partial charge on any atom is -0.496 e. The molecule has 8 heteroatoms. The van der Waals surface area contributed by atoms with Gasteiger partial charge in [0.05, 0.1) is 37.0 Å². The van der Waals surface area contributed by atoms with Crippen LogP contribution >= 0.6 is 0 Å². The summed E-state index contributed by atoms with van der Waals surface area (Å²) in [5.74, 6) is 0.713. The van der Waals surface area contributed by atoms with Crippen molar-refractivity contribution < 1.29 is 23.4 Å². The summed E-state index contributed by atoms with van der Waals surface area (Å²) in [6.45, 7) is 8.65. The van der Waals surface area contributed by atoms with Gasteiger partial charge in [0.2, 0.25) is 5.91 Å². The quantitative estimate of drug-likeness (QED) is 0.471. The Morgan fingerprint density at radius 1 is 1.25 bits per heavy atom. The van der Waals surface area contributed by atoms with Crippen LogP contribution in [0.15, 0.2) is 48.5 Å². The van der Waals surface area contributed by atoms with Crippen LogP contribution in [0.4, 0.5) is 4.39 Å². The summed E-state index contributed by atoms with van der Waals surface area (Å²) in [6.07, 6.45) is 3.87. The molecule has 36 heavy (non-hydrogen) atoms. The molecule has 1 fully saturated rings. The summed E-state index contributed by atoms with van der Waals surface area (Å²) in [6, 6.07) is 13.0. The summed E-state index contributed by atoms with van der Waals surface area (Å²) >= 11 is 0. The first-order chi connectivity index (χ1) is 17.1. The van der Waals surface area contributed by atoms with Crippen molar-refractivity contribution in [2.75, 3.05) is 33.4 Å². The maximum atomic E-state index is 13.1. The second-order valence-electron chi connectivity index (χ2n) is 9.77. The molecule has 0 aromatic heterocycles. The number of nitrogens with one attached hydrogen (secondary N) is 1. The number of rotatable bonds is 11. The monoisotopic (exact) mass is 495 g/mol. The third-order valence-electron chi connectivity index (χ3n) is 5.67. The number of ether oxygens (including phenoxy) is 3. The molecule has 0 unspecified atom stereocenters. The number of hydrogen-bond donors (Lipinski definition) is 1. The molecule has 1 amide bonds. The second-order valence-corrected chi connectivity index (χ2v) is 9.77. The number of likely N-dealkylation sites (tertiary alicyclic amines) is 1. The first kappa shape index (κ1) is 27.2. The van der Waals surface area contributed by atoms with E-state index in [0.717, 1.165) is 19.6 Å². The van der Waals surface area contributed by atoms with Crippen LogP contribution in [0.25, 0.3) is 6.08 Å². The molecule has 1 N–H and O–H groups in total. The molecular formula is C28H34FN3O4. The molecule has 0 aliphatic carbocycles. The minimum absolute atomic E-state index is 0.0661. The number of hydrogen-bond acceptors (Lipinski definition) is 6. The van der Waals surface area contributed by atoms with Gasteiger partial charge in [0.25, 0.3) is 0 Å². The Morgan fingerprint density at radius 3 is 2.61 bits per heavy atom. The largest absolute Gasteiger partial charge is 0.496 e. The smallest absolute Gasteiger partial charge is 0.244 e. The molecule has 2 aromatic rings. The molecule has 1 heterocycles. The topological polar surface area (TPSA) is 83.8 Å². The molecule has 192 valence electrons. The number of benzene rings is 2. The fourth-order valence-electron chi connectivity index (χ4n) is 3.72. The van der Waals surface area contributed by atoms with Gasteiger partial charge in [0, 0.05) is 31.3 Å². The number of amides is 1. The standard InChI is InChI=1S/C28H34FN3O4/c1-28(2,3)35-19-23(13-14-32-17-25(18-32)36-24-9-7-22(29)8-10-24)31-27(33)12-6-21-15-20(16-30)5-11-26(21)34-4/h5-12,15,23,25H,13-14,17-19H2,1-4H3,(H,31,33)/t23-/m0/s1. The average molecular weight is 496 g/mol.